The summed E-state index contributed by atoms with van der Waals surface area (Å²) in [7, 11) is 0. The zero-order valence-electron chi connectivity index (χ0n) is 16.4. The lowest BCUT2D eigenvalue weighted by atomic mass is 10.1. The summed E-state index contributed by atoms with van der Waals surface area (Å²) >= 11 is 1.32. The Morgan fingerprint density at radius 3 is 2.41 bits per heavy atom. The molecule has 0 fully saturated rings. The van der Waals surface area contributed by atoms with Gasteiger partial charge in [-0.25, -0.2) is 4.98 Å². The van der Waals surface area contributed by atoms with Gasteiger partial charge in [-0.05, 0) is 43.7 Å². The van der Waals surface area contributed by atoms with E-state index in [-0.39, 0.29) is 24.1 Å². The first-order chi connectivity index (χ1) is 14.0. The largest absolute Gasteiger partial charge is 0.390 e. The van der Waals surface area contributed by atoms with Crippen molar-refractivity contribution in [2.75, 3.05) is 11.1 Å². The number of nitrogens with zero attached hydrogens (tertiary/aromatic N) is 2. The summed E-state index contributed by atoms with van der Waals surface area (Å²) < 4.78 is 1.92. The maximum atomic E-state index is 12.3. The van der Waals surface area contributed by atoms with Crippen molar-refractivity contribution in [1.82, 2.24) is 9.55 Å². The molecule has 0 spiro atoms. The molecule has 0 aliphatic rings. The van der Waals surface area contributed by atoms with Crippen LogP contribution in [0.2, 0.25) is 0 Å². The highest BCUT2D eigenvalue weighted by molar-refractivity contribution is 7.99. The van der Waals surface area contributed by atoms with Crippen molar-refractivity contribution in [3.05, 3.63) is 77.1 Å². The van der Waals surface area contributed by atoms with Crippen molar-refractivity contribution in [2.24, 2.45) is 0 Å². The molecule has 0 radical (unpaired) electrons. The fourth-order valence-corrected chi connectivity index (χ4v) is 3.59. The van der Waals surface area contributed by atoms with Crippen LogP contribution in [-0.4, -0.2) is 32.1 Å². The maximum absolute atomic E-state index is 12.3. The average molecular weight is 410 g/mol. The number of carbonyl (C=O) groups excluding carboxylic acids is 2. The monoisotopic (exact) mass is 409 g/mol. The van der Waals surface area contributed by atoms with E-state index in [1.165, 1.54) is 24.2 Å². The van der Waals surface area contributed by atoms with E-state index in [1.807, 2.05) is 35.8 Å². The number of anilines is 1. The first kappa shape index (κ1) is 20.8. The van der Waals surface area contributed by atoms with Gasteiger partial charge in [-0.15, -0.1) is 0 Å². The summed E-state index contributed by atoms with van der Waals surface area (Å²) in [6, 6.07) is 15.0. The van der Waals surface area contributed by atoms with E-state index in [1.54, 1.807) is 30.5 Å². The van der Waals surface area contributed by atoms with Gasteiger partial charge in [-0.3, -0.25) is 9.59 Å². The third-order valence-corrected chi connectivity index (χ3v) is 5.42. The number of benzene rings is 2. The minimum Gasteiger partial charge on any atom is -0.390 e. The minimum absolute atomic E-state index is 0.0152. The molecule has 0 aliphatic heterocycles. The van der Waals surface area contributed by atoms with Crippen LogP contribution in [0.3, 0.4) is 0 Å². The molecule has 1 aromatic heterocycles. The van der Waals surface area contributed by atoms with Crippen LogP contribution in [0.25, 0.3) is 0 Å². The Hall–Kier alpha value is -2.90. The summed E-state index contributed by atoms with van der Waals surface area (Å²) in [5, 5.41) is 13.1. The smallest absolute Gasteiger partial charge is 0.234 e. The van der Waals surface area contributed by atoms with Gasteiger partial charge in [0.15, 0.2) is 10.9 Å². The Bertz CT molecular complexity index is 995. The predicted octanol–water partition coefficient (Wildman–Crippen LogP) is 3.67. The van der Waals surface area contributed by atoms with Gasteiger partial charge < -0.3 is 15.0 Å². The predicted molar refractivity (Wildman–Crippen MR) is 114 cm³/mol. The molecule has 3 aromatic rings. The van der Waals surface area contributed by atoms with Gasteiger partial charge in [-0.1, -0.05) is 41.6 Å². The van der Waals surface area contributed by atoms with Crippen molar-refractivity contribution in [1.29, 1.82) is 0 Å². The quantitative estimate of drug-likeness (QED) is 0.438. The molecule has 0 saturated carbocycles. The van der Waals surface area contributed by atoms with Gasteiger partial charge >= 0.3 is 0 Å². The van der Waals surface area contributed by atoms with Crippen molar-refractivity contribution < 1.29 is 14.7 Å². The molecular weight excluding hydrogens is 386 g/mol. The molecule has 7 heteroatoms. The number of aliphatic hydroxyl groups excluding tert-OH is 1. The molecule has 1 amide bonds. The highest BCUT2D eigenvalue weighted by Crippen LogP contribution is 2.21. The molecule has 0 atom stereocenters. The van der Waals surface area contributed by atoms with Crippen LogP contribution in [0, 0.1) is 6.92 Å². The lowest BCUT2D eigenvalue weighted by Crippen LogP contribution is -2.15. The molecule has 0 saturated heterocycles. The van der Waals surface area contributed by atoms with Crippen LogP contribution in [0.1, 0.15) is 34.1 Å². The van der Waals surface area contributed by atoms with Crippen LogP contribution in [-0.2, 0) is 17.9 Å². The van der Waals surface area contributed by atoms with E-state index in [4.69, 9.17) is 0 Å². The molecule has 3 rings (SSSR count). The first-order valence-corrected chi connectivity index (χ1v) is 10.2. The Morgan fingerprint density at radius 1 is 1.10 bits per heavy atom. The SMILES string of the molecule is CC(=O)c1ccc(NC(=O)CSc2ncc(CO)n2Cc2ccc(C)cc2)cc1. The molecule has 29 heavy (non-hydrogen) atoms. The fraction of sp³-hybridized carbons (Fsp3) is 0.227. The zero-order valence-corrected chi connectivity index (χ0v) is 17.2. The van der Waals surface area contributed by atoms with Crippen LogP contribution in [0.5, 0.6) is 0 Å². The lowest BCUT2D eigenvalue weighted by Gasteiger charge is -2.11. The van der Waals surface area contributed by atoms with Crippen LogP contribution >= 0.6 is 11.8 Å². The van der Waals surface area contributed by atoms with Gasteiger partial charge in [0.05, 0.1) is 24.3 Å². The second-order valence-electron chi connectivity index (χ2n) is 6.73. The van der Waals surface area contributed by atoms with E-state index in [0.717, 1.165) is 5.56 Å². The first-order valence-electron chi connectivity index (χ1n) is 9.20. The van der Waals surface area contributed by atoms with Crippen LogP contribution in [0.15, 0.2) is 59.9 Å². The van der Waals surface area contributed by atoms with E-state index in [0.29, 0.717) is 28.6 Å². The normalized spacial score (nSPS) is 10.7. The summed E-state index contributed by atoms with van der Waals surface area (Å²) in [4.78, 5) is 28.0. The number of aryl methyl sites for hydroxylation is 1. The number of hydrogen-bond donors (Lipinski definition) is 2. The second-order valence-corrected chi connectivity index (χ2v) is 7.67. The van der Waals surface area contributed by atoms with Crippen molar-refractivity contribution in [2.45, 2.75) is 32.2 Å². The number of aromatic nitrogens is 2. The summed E-state index contributed by atoms with van der Waals surface area (Å²) in [5.74, 6) is 0.00378. The lowest BCUT2D eigenvalue weighted by molar-refractivity contribution is -0.113. The fourth-order valence-electron chi connectivity index (χ4n) is 2.79. The van der Waals surface area contributed by atoms with Crippen molar-refractivity contribution in [3.8, 4) is 0 Å². The van der Waals surface area contributed by atoms with E-state index < -0.39 is 0 Å². The van der Waals surface area contributed by atoms with Crippen LogP contribution < -0.4 is 5.32 Å². The number of ketones is 1. The Balaban J connectivity index is 1.63. The molecule has 150 valence electrons. The van der Waals surface area contributed by atoms with Crippen molar-refractivity contribution >= 4 is 29.1 Å². The number of hydrogen-bond acceptors (Lipinski definition) is 5. The molecule has 2 N–H and O–H groups in total. The number of carbonyl (C=O) groups is 2. The Kier molecular flexibility index (Phi) is 6.85. The molecule has 6 nitrogen and oxygen atoms in total. The second kappa shape index (κ2) is 9.54. The summed E-state index contributed by atoms with van der Waals surface area (Å²) in [6.45, 7) is 4.00. The molecule has 1 heterocycles. The molecule has 2 aromatic carbocycles. The molecule has 0 bridgehead atoms. The third-order valence-electron chi connectivity index (χ3n) is 4.43. The standard InChI is InChI=1S/C22H23N3O3S/c1-15-3-5-17(6-4-15)12-25-20(13-26)11-23-22(25)29-14-21(28)24-19-9-7-18(8-10-19)16(2)27/h3-11,26H,12-14H2,1-2H3,(H,24,28). The maximum Gasteiger partial charge on any atom is 0.234 e. The van der Waals surface area contributed by atoms with E-state index >= 15 is 0 Å². The number of nitrogens with one attached hydrogen (secondary N) is 1. The summed E-state index contributed by atoms with van der Waals surface area (Å²) in [5.41, 5.74) is 4.23. The van der Waals surface area contributed by atoms with Gasteiger partial charge in [-0.2, -0.15) is 0 Å². The summed E-state index contributed by atoms with van der Waals surface area (Å²) in [6.07, 6.45) is 1.63. The average Bonchev–Trinajstić information content (AvgIpc) is 3.10. The highest BCUT2D eigenvalue weighted by Gasteiger charge is 2.13. The van der Waals surface area contributed by atoms with E-state index in [2.05, 4.69) is 10.3 Å². The number of imidazole rings is 1. The Labute approximate surface area is 174 Å². The number of rotatable bonds is 8. The van der Waals surface area contributed by atoms with Crippen molar-refractivity contribution in [3.63, 3.8) is 0 Å². The highest BCUT2D eigenvalue weighted by atomic mass is 32.2. The zero-order chi connectivity index (χ0) is 20.8. The van der Waals surface area contributed by atoms with Gasteiger partial charge in [0.2, 0.25) is 5.91 Å². The number of amides is 1. The van der Waals surface area contributed by atoms with Crippen LogP contribution in [0.4, 0.5) is 5.69 Å². The number of Topliss-reactive ketones (excluding diaryl/α,β-unsaturated/α-hetero) is 1. The number of aliphatic hydroxyl groups is 1. The van der Waals surface area contributed by atoms with Gasteiger partial charge in [0.25, 0.3) is 0 Å². The third kappa shape index (κ3) is 5.56. The van der Waals surface area contributed by atoms with Gasteiger partial charge in [0.1, 0.15) is 0 Å². The van der Waals surface area contributed by atoms with E-state index in [9.17, 15) is 14.7 Å². The minimum atomic E-state index is -0.166. The molecule has 0 unspecified atom stereocenters. The molecular formula is C22H23N3O3S. The van der Waals surface area contributed by atoms with Gasteiger partial charge in [0, 0.05) is 17.8 Å². The topological polar surface area (TPSA) is 84.2 Å². The Morgan fingerprint density at radius 2 is 1.79 bits per heavy atom. The molecule has 0 aliphatic carbocycles. The number of thioether (sulfide) groups is 1.